The van der Waals surface area contributed by atoms with Gasteiger partial charge in [0.2, 0.25) is 0 Å². The smallest absolute Gasteiger partial charge is 0.171 e. The van der Waals surface area contributed by atoms with Gasteiger partial charge >= 0.3 is 0 Å². The van der Waals surface area contributed by atoms with E-state index < -0.39 is 7.14 Å². The Morgan fingerprint density at radius 1 is 0.300 bits per heavy atom. The molecule has 60 heavy (non-hydrogen) atoms. The highest BCUT2D eigenvalue weighted by molar-refractivity contribution is 7.85. The molecule has 0 saturated heterocycles. The third-order valence-corrected chi connectivity index (χ3v) is 14.6. The second-order valence-corrected chi connectivity index (χ2v) is 17.9. The Bertz CT molecular complexity index is 3270. The molecule has 0 bridgehead atoms. The largest absolute Gasteiger partial charge is 0.309 e. The Labute approximate surface area is 348 Å². The summed E-state index contributed by atoms with van der Waals surface area (Å²) >= 11 is 0. The Morgan fingerprint density at radius 3 is 1.33 bits per heavy atom. The average Bonchev–Trinajstić information content (AvgIpc) is 3.34. The van der Waals surface area contributed by atoms with Crippen LogP contribution in [-0.2, 0) is 4.57 Å². The number of nitrogens with zero attached hydrogens (tertiary/aromatic N) is 3. The van der Waals surface area contributed by atoms with Gasteiger partial charge in [-0.05, 0) is 78.8 Å². The maximum atomic E-state index is 15.6. The van der Waals surface area contributed by atoms with Crippen molar-refractivity contribution in [3.05, 3.63) is 218 Å². The van der Waals surface area contributed by atoms with Crippen molar-refractivity contribution in [2.75, 3.05) is 0 Å². The van der Waals surface area contributed by atoms with Gasteiger partial charge in [-0.25, -0.2) is 15.0 Å². The number of hydrogen-bond donors (Lipinski definition) is 0. The van der Waals surface area contributed by atoms with E-state index in [2.05, 4.69) is 84.9 Å². The zero-order valence-electron chi connectivity index (χ0n) is 32.5. The molecule has 11 rings (SSSR count). The van der Waals surface area contributed by atoms with Crippen molar-refractivity contribution in [3.63, 3.8) is 0 Å². The molecule has 0 aliphatic carbocycles. The molecular formula is C55H36N3OP. The van der Waals surface area contributed by atoms with Gasteiger partial charge in [0, 0.05) is 32.6 Å². The SMILES string of the molecule is O=P(c1ccccc1)(c1ccccc1)c1cccc(-c2cc(-c3nc(-c4ccccc4)nc(-c4ccccc4)n3)cc(-c3ccc4ccc5cccc6ccc3c4c56)c2)c1. The Balaban J connectivity index is 1.17. The summed E-state index contributed by atoms with van der Waals surface area (Å²) in [7, 11) is -3.24. The zero-order valence-corrected chi connectivity index (χ0v) is 33.4. The predicted octanol–water partition coefficient (Wildman–Crippen LogP) is 12.7. The molecule has 1 aromatic heterocycles. The van der Waals surface area contributed by atoms with Crippen molar-refractivity contribution < 1.29 is 4.57 Å². The van der Waals surface area contributed by atoms with Crippen molar-refractivity contribution in [3.8, 4) is 56.4 Å². The summed E-state index contributed by atoms with van der Waals surface area (Å²) in [5.41, 5.74) is 6.72. The van der Waals surface area contributed by atoms with Gasteiger partial charge in [0.1, 0.15) is 0 Å². The Hall–Kier alpha value is -7.52. The first-order chi connectivity index (χ1) is 29.6. The summed E-state index contributed by atoms with van der Waals surface area (Å²) in [6, 6.07) is 74.6. The molecule has 0 amide bonds. The second-order valence-electron chi connectivity index (χ2n) is 15.1. The third kappa shape index (κ3) is 6.17. The first-order valence-corrected chi connectivity index (χ1v) is 21.8. The number of benzene rings is 10. The van der Waals surface area contributed by atoms with E-state index in [0.29, 0.717) is 17.5 Å². The van der Waals surface area contributed by atoms with E-state index in [0.717, 1.165) is 54.9 Å². The van der Waals surface area contributed by atoms with Gasteiger partial charge in [-0.3, -0.25) is 0 Å². The molecular weight excluding hydrogens is 750 g/mol. The lowest BCUT2D eigenvalue weighted by atomic mass is 9.88. The minimum Gasteiger partial charge on any atom is -0.309 e. The number of rotatable bonds is 8. The van der Waals surface area contributed by atoms with Crippen LogP contribution in [0.25, 0.3) is 88.7 Å². The van der Waals surface area contributed by atoms with Crippen molar-refractivity contribution in [2.24, 2.45) is 0 Å². The molecule has 0 saturated carbocycles. The van der Waals surface area contributed by atoms with Crippen LogP contribution in [0.5, 0.6) is 0 Å². The number of aromatic nitrogens is 3. The first-order valence-electron chi connectivity index (χ1n) is 20.1. The third-order valence-electron chi connectivity index (χ3n) is 11.5. The lowest BCUT2D eigenvalue weighted by Crippen LogP contribution is -2.25. The van der Waals surface area contributed by atoms with Crippen LogP contribution in [0, 0.1) is 0 Å². The summed E-state index contributed by atoms with van der Waals surface area (Å²) in [6.45, 7) is 0. The van der Waals surface area contributed by atoms with Crippen LogP contribution in [0.2, 0.25) is 0 Å². The van der Waals surface area contributed by atoms with Crippen LogP contribution in [-0.4, -0.2) is 15.0 Å². The maximum Gasteiger partial charge on any atom is 0.171 e. The monoisotopic (exact) mass is 785 g/mol. The Kier molecular flexibility index (Phi) is 8.73. The quantitative estimate of drug-likeness (QED) is 0.114. The standard InChI is InChI=1S/C55H36N3OP/c59-60(46-22-9-3-10-23-46,47-24-11-4-12-25-47)48-26-14-21-42(36-48)43-33-44(49-31-29-39-28-27-37-19-13-20-38-30-32-50(49)52(39)51(37)38)35-45(34-43)55-57-53(40-15-5-1-6-16-40)56-54(58-55)41-17-7-2-8-18-41/h1-36H. The fourth-order valence-corrected chi connectivity index (χ4v) is 11.3. The van der Waals surface area contributed by atoms with Crippen LogP contribution < -0.4 is 15.9 Å². The van der Waals surface area contributed by atoms with Crippen LogP contribution in [0.1, 0.15) is 0 Å². The summed E-state index contributed by atoms with van der Waals surface area (Å²) < 4.78 is 15.6. The lowest BCUT2D eigenvalue weighted by Gasteiger charge is -2.21. The van der Waals surface area contributed by atoms with Gasteiger partial charge in [0.25, 0.3) is 0 Å². The summed E-state index contributed by atoms with van der Waals surface area (Å²) in [5.74, 6) is 1.77. The molecule has 0 spiro atoms. The van der Waals surface area contributed by atoms with E-state index in [9.17, 15) is 0 Å². The molecule has 10 aromatic carbocycles. The van der Waals surface area contributed by atoms with E-state index in [1.807, 2.05) is 133 Å². The van der Waals surface area contributed by atoms with E-state index in [4.69, 9.17) is 15.0 Å². The summed E-state index contributed by atoms with van der Waals surface area (Å²) in [5, 5.41) is 9.71. The fraction of sp³-hybridized carbons (Fsp3) is 0. The van der Waals surface area contributed by atoms with E-state index >= 15 is 4.57 Å². The molecule has 5 heteroatoms. The lowest BCUT2D eigenvalue weighted by molar-refractivity contribution is 0.592. The maximum absolute atomic E-state index is 15.6. The van der Waals surface area contributed by atoms with E-state index in [1.54, 1.807) is 0 Å². The molecule has 0 fully saturated rings. The fourth-order valence-electron chi connectivity index (χ4n) is 8.61. The molecule has 282 valence electrons. The molecule has 0 aliphatic heterocycles. The van der Waals surface area contributed by atoms with Crippen molar-refractivity contribution in [2.45, 2.75) is 0 Å². The molecule has 0 N–H and O–H groups in total. The zero-order chi connectivity index (χ0) is 40.0. The van der Waals surface area contributed by atoms with Gasteiger partial charge in [0.15, 0.2) is 24.6 Å². The van der Waals surface area contributed by atoms with E-state index in [1.165, 1.54) is 32.3 Å². The highest BCUT2D eigenvalue weighted by Crippen LogP contribution is 2.45. The van der Waals surface area contributed by atoms with Crippen LogP contribution in [0.3, 0.4) is 0 Å². The van der Waals surface area contributed by atoms with Crippen molar-refractivity contribution in [1.82, 2.24) is 15.0 Å². The number of hydrogen-bond acceptors (Lipinski definition) is 4. The first kappa shape index (κ1) is 35.6. The minimum atomic E-state index is -3.24. The van der Waals surface area contributed by atoms with Gasteiger partial charge in [-0.2, -0.15) is 0 Å². The predicted molar refractivity (Wildman–Crippen MR) is 250 cm³/mol. The second kappa shape index (κ2) is 14.7. The highest BCUT2D eigenvalue weighted by Gasteiger charge is 2.30. The van der Waals surface area contributed by atoms with Gasteiger partial charge < -0.3 is 4.57 Å². The normalized spacial score (nSPS) is 11.7. The van der Waals surface area contributed by atoms with E-state index in [-0.39, 0.29) is 0 Å². The highest BCUT2D eigenvalue weighted by atomic mass is 31.2. The molecule has 0 unspecified atom stereocenters. The van der Waals surface area contributed by atoms with Crippen LogP contribution in [0.4, 0.5) is 0 Å². The van der Waals surface area contributed by atoms with Crippen molar-refractivity contribution in [1.29, 1.82) is 0 Å². The molecule has 4 nitrogen and oxygen atoms in total. The molecule has 1 heterocycles. The Morgan fingerprint density at radius 2 is 0.733 bits per heavy atom. The minimum absolute atomic E-state index is 0.568. The molecule has 0 atom stereocenters. The topological polar surface area (TPSA) is 55.7 Å². The summed E-state index contributed by atoms with van der Waals surface area (Å²) in [4.78, 5) is 15.3. The molecule has 0 radical (unpaired) electrons. The van der Waals surface area contributed by atoms with Crippen LogP contribution >= 0.6 is 7.14 Å². The average molecular weight is 786 g/mol. The van der Waals surface area contributed by atoms with Crippen LogP contribution in [0.15, 0.2) is 218 Å². The van der Waals surface area contributed by atoms with Gasteiger partial charge in [-0.1, -0.05) is 194 Å². The van der Waals surface area contributed by atoms with Gasteiger partial charge in [-0.15, -0.1) is 0 Å². The van der Waals surface area contributed by atoms with Gasteiger partial charge in [0.05, 0.1) is 0 Å². The molecule has 0 aliphatic rings. The van der Waals surface area contributed by atoms with Crippen molar-refractivity contribution >= 4 is 55.4 Å². The molecule has 11 aromatic rings. The summed E-state index contributed by atoms with van der Waals surface area (Å²) in [6.07, 6.45) is 0.